The van der Waals surface area contributed by atoms with Crippen LogP contribution >= 0.6 is 46.3 Å². The summed E-state index contributed by atoms with van der Waals surface area (Å²) in [6.45, 7) is 2.26. The predicted octanol–water partition coefficient (Wildman–Crippen LogP) is 7.24. The van der Waals surface area contributed by atoms with Crippen LogP contribution in [-0.4, -0.2) is 31.4 Å². The number of thiazole rings is 1. The number of aryl methyl sites for hydroxylation is 1. The number of thioether (sulfide) groups is 1. The molecule has 11 heteroatoms. The predicted molar refractivity (Wildman–Crippen MR) is 158 cm³/mol. The van der Waals surface area contributed by atoms with Gasteiger partial charge in [0.1, 0.15) is 12.4 Å². The summed E-state index contributed by atoms with van der Waals surface area (Å²) in [4.78, 5) is 18.0. The van der Waals surface area contributed by atoms with Crippen LogP contribution in [0.3, 0.4) is 0 Å². The Bertz CT molecular complexity index is 1550. The van der Waals surface area contributed by atoms with E-state index >= 15 is 0 Å². The first kappa shape index (κ1) is 27.2. The number of anilines is 1. The molecule has 2 heterocycles. The summed E-state index contributed by atoms with van der Waals surface area (Å²) in [7, 11) is 0. The van der Waals surface area contributed by atoms with Gasteiger partial charge >= 0.3 is 0 Å². The Balaban J connectivity index is 1.24. The number of benzene rings is 3. The van der Waals surface area contributed by atoms with E-state index in [0.717, 1.165) is 27.4 Å². The van der Waals surface area contributed by atoms with Gasteiger partial charge in [-0.3, -0.25) is 9.36 Å². The van der Waals surface area contributed by atoms with Gasteiger partial charge in [0.05, 0.1) is 5.75 Å². The summed E-state index contributed by atoms with van der Waals surface area (Å²) in [5, 5.41) is 13.9. The molecule has 0 aliphatic carbocycles. The average Bonchev–Trinajstić information content (AvgIpc) is 3.56. The fourth-order valence-corrected chi connectivity index (χ4v) is 5.86. The summed E-state index contributed by atoms with van der Waals surface area (Å²) in [6.07, 6.45) is 2.26. The lowest BCUT2D eigenvalue weighted by atomic mass is 10.1. The minimum Gasteiger partial charge on any atom is -0.486 e. The van der Waals surface area contributed by atoms with Crippen LogP contribution in [0.2, 0.25) is 10.0 Å². The van der Waals surface area contributed by atoms with E-state index in [1.807, 2.05) is 72.2 Å². The molecule has 198 valence electrons. The number of carbonyl (C=O) groups is 1. The molecule has 0 saturated heterocycles. The van der Waals surface area contributed by atoms with E-state index in [-0.39, 0.29) is 18.3 Å². The number of aromatic nitrogens is 4. The number of nitrogens with zero attached hydrogens (tertiary/aromatic N) is 4. The Hall–Kier alpha value is -3.37. The first-order valence-electron chi connectivity index (χ1n) is 12.0. The van der Waals surface area contributed by atoms with Gasteiger partial charge in [0.15, 0.2) is 16.1 Å². The maximum absolute atomic E-state index is 12.8. The van der Waals surface area contributed by atoms with E-state index in [1.54, 1.807) is 18.3 Å². The summed E-state index contributed by atoms with van der Waals surface area (Å²) in [5.41, 5.74) is 2.88. The van der Waals surface area contributed by atoms with Crippen molar-refractivity contribution in [2.45, 2.75) is 25.1 Å². The van der Waals surface area contributed by atoms with Crippen molar-refractivity contribution in [1.82, 2.24) is 19.7 Å². The molecule has 5 aromatic rings. The average molecular weight is 597 g/mol. The number of hydrogen-bond acceptors (Lipinski definition) is 7. The summed E-state index contributed by atoms with van der Waals surface area (Å²) in [6, 6.07) is 23.0. The fraction of sp³-hybridized carbons (Fsp3) is 0.143. The smallest absolute Gasteiger partial charge is 0.236 e. The normalized spacial score (nSPS) is 10.9. The highest BCUT2D eigenvalue weighted by atomic mass is 35.5. The van der Waals surface area contributed by atoms with Crippen molar-refractivity contribution >= 4 is 57.3 Å². The highest BCUT2D eigenvalue weighted by molar-refractivity contribution is 7.99. The Morgan fingerprint density at radius 1 is 1.00 bits per heavy atom. The van der Waals surface area contributed by atoms with Crippen molar-refractivity contribution in [3.8, 4) is 11.4 Å². The molecule has 3 aromatic carbocycles. The van der Waals surface area contributed by atoms with E-state index in [0.29, 0.717) is 32.6 Å². The zero-order valence-electron chi connectivity index (χ0n) is 20.8. The molecule has 39 heavy (non-hydrogen) atoms. The van der Waals surface area contributed by atoms with Gasteiger partial charge < -0.3 is 10.1 Å². The maximum Gasteiger partial charge on any atom is 0.236 e. The third-order valence-corrected chi connectivity index (χ3v) is 8.20. The molecule has 0 saturated carbocycles. The molecule has 0 bridgehead atoms. The minimum absolute atomic E-state index is 0.134. The van der Waals surface area contributed by atoms with Crippen LogP contribution in [0.4, 0.5) is 5.13 Å². The Labute approximate surface area is 244 Å². The van der Waals surface area contributed by atoms with Crippen LogP contribution in [0.1, 0.15) is 21.8 Å². The van der Waals surface area contributed by atoms with Crippen molar-refractivity contribution in [3.63, 3.8) is 0 Å². The van der Waals surface area contributed by atoms with Gasteiger partial charge in [0, 0.05) is 33.2 Å². The molecule has 0 spiro atoms. The third-order valence-electron chi connectivity index (χ3n) is 5.65. The maximum atomic E-state index is 12.8. The van der Waals surface area contributed by atoms with E-state index in [1.165, 1.54) is 23.1 Å². The summed E-state index contributed by atoms with van der Waals surface area (Å²) >= 11 is 15.3. The molecule has 7 nitrogen and oxygen atoms in total. The molecule has 0 radical (unpaired) electrons. The van der Waals surface area contributed by atoms with E-state index in [2.05, 4.69) is 20.5 Å². The summed E-state index contributed by atoms with van der Waals surface area (Å²) in [5.74, 6) is 1.32. The van der Waals surface area contributed by atoms with Gasteiger partial charge in [-0.2, -0.15) is 0 Å². The first-order chi connectivity index (χ1) is 19.0. The minimum atomic E-state index is -0.197. The monoisotopic (exact) mass is 595 g/mol. The van der Waals surface area contributed by atoms with Crippen molar-refractivity contribution in [1.29, 1.82) is 0 Å². The molecule has 2 aromatic heterocycles. The summed E-state index contributed by atoms with van der Waals surface area (Å²) < 4.78 is 7.86. The van der Waals surface area contributed by atoms with Gasteiger partial charge in [-0.15, -0.1) is 21.5 Å². The second-order valence-corrected chi connectivity index (χ2v) is 11.4. The number of ether oxygens (including phenoxy) is 1. The molecule has 0 fully saturated rings. The molecule has 0 aliphatic rings. The number of carbonyl (C=O) groups excluding carboxylic acids is 1. The third kappa shape index (κ3) is 6.99. The number of amides is 1. The van der Waals surface area contributed by atoms with Gasteiger partial charge in [-0.05, 0) is 48.9 Å². The van der Waals surface area contributed by atoms with Crippen LogP contribution < -0.4 is 10.1 Å². The molecular formula is C28H23Cl2N5O2S2. The molecule has 0 unspecified atom stereocenters. The molecule has 1 amide bonds. The highest BCUT2D eigenvalue weighted by Gasteiger charge is 2.17. The van der Waals surface area contributed by atoms with Gasteiger partial charge in [0.25, 0.3) is 0 Å². The van der Waals surface area contributed by atoms with Crippen molar-refractivity contribution in [3.05, 3.63) is 111 Å². The van der Waals surface area contributed by atoms with Crippen LogP contribution in [0, 0.1) is 6.92 Å². The van der Waals surface area contributed by atoms with Crippen LogP contribution in [-0.2, 0) is 17.8 Å². The van der Waals surface area contributed by atoms with E-state index in [4.69, 9.17) is 27.9 Å². The first-order valence-corrected chi connectivity index (χ1v) is 14.5. The number of rotatable bonds is 10. The molecule has 5 rings (SSSR count). The Morgan fingerprint density at radius 2 is 1.74 bits per heavy atom. The highest BCUT2D eigenvalue weighted by Crippen LogP contribution is 2.30. The van der Waals surface area contributed by atoms with Crippen molar-refractivity contribution in [2.24, 2.45) is 0 Å². The largest absolute Gasteiger partial charge is 0.486 e. The zero-order valence-corrected chi connectivity index (χ0v) is 23.9. The zero-order chi connectivity index (χ0) is 27.2. The second kappa shape index (κ2) is 12.7. The lowest BCUT2D eigenvalue weighted by Gasteiger charge is -2.11. The lowest BCUT2D eigenvalue weighted by molar-refractivity contribution is -0.113. The van der Waals surface area contributed by atoms with Gasteiger partial charge in [0.2, 0.25) is 5.91 Å². The Morgan fingerprint density at radius 3 is 2.49 bits per heavy atom. The second-order valence-electron chi connectivity index (χ2n) is 8.52. The van der Waals surface area contributed by atoms with E-state index < -0.39 is 0 Å². The molecule has 0 aliphatic heterocycles. The van der Waals surface area contributed by atoms with Crippen LogP contribution in [0.5, 0.6) is 5.75 Å². The van der Waals surface area contributed by atoms with Gasteiger partial charge in [-0.1, -0.05) is 76.9 Å². The number of hydrogen-bond donors (Lipinski definition) is 1. The van der Waals surface area contributed by atoms with Crippen LogP contribution in [0.15, 0.2) is 84.1 Å². The van der Waals surface area contributed by atoms with Gasteiger partial charge in [-0.25, -0.2) is 4.98 Å². The Kier molecular flexibility index (Phi) is 8.83. The topological polar surface area (TPSA) is 81.9 Å². The standard InChI is InChI=1S/C28H23Cl2N5O2S2/c1-18-10-12-20(13-11-18)37-16-25-33-34-28(35(25)19-6-3-2-4-7-19)38-17-26(36)32-27-31-15-21(39-27)14-22-23(29)8-5-9-24(22)30/h2-13,15H,14,16-17H2,1H3,(H,31,32,36). The van der Waals surface area contributed by atoms with Crippen LogP contribution in [0.25, 0.3) is 5.69 Å². The molecule has 0 atom stereocenters. The number of halogens is 2. The van der Waals surface area contributed by atoms with Crippen molar-refractivity contribution < 1.29 is 9.53 Å². The number of para-hydroxylation sites is 1. The van der Waals surface area contributed by atoms with E-state index in [9.17, 15) is 4.79 Å². The SMILES string of the molecule is Cc1ccc(OCc2nnc(SCC(=O)Nc3ncc(Cc4c(Cl)cccc4Cl)s3)n2-c2ccccc2)cc1. The molecular weight excluding hydrogens is 573 g/mol. The van der Waals surface area contributed by atoms with Crippen molar-refractivity contribution in [2.75, 3.05) is 11.1 Å². The number of nitrogens with one attached hydrogen (secondary N) is 1. The molecule has 1 N–H and O–H groups in total. The quantitative estimate of drug-likeness (QED) is 0.171. The fourth-order valence-electron chi connectivity index (χ4n) is 3.71. The lowest BCUT2D eigenvalue weighted by Crippen LogP contribution is -2.14.